The molecule has 0 bridgehead atoms. The summed E-state index contributed by atoms with van der Waals surface area (Å²) in [7, 11) is 0. The Morgan fingerprint density at radius 3 is 2.78 bits per heavy atom. The van der Waals surface area contributed by atoms with Gasteiger partial charge >= 0.3 is 0 Å². The molecule has 1 aromatic carbocycles. The van der Waals surface area contributed by atoms with Crippen LogP contribution in [0.2, 0.25) is 0 Å². The Kier molecular flexibility index (Phi) is 3.14. The van der Waals surface area contributed by atoms with Crippen molar-refractivity contribution in [2.45, 2.75) is 25.4 Å². The summed E-state index contributed by atoms with van der Waals surface area (Å²) in [5.41, 5.74) is 0.345. The van der Waals surface area contributed by atoms with Crippen LogP contribution in [0.25, 0.3) is 10.4 Å². The van der Waals surface area contributed by atoms with Gasteiger partial charge in [-0.1, -0.05) is 0 Å². The molecule has 2 aromatic rings. The Balaban J connectivity index is 1.80. The van der Waals surface area contributed by atoms with Gasteiger partial charge in [-0.05, 0) is 43.2 Å². The Hall–Kier alpha value is -1.26. The molecule has 0 amide bonds. The molecule has 0 radical (unpaired) electrons. The van der Waals surface area contributed by atoms with Crippen molar-refractivity contribution in [3.63, 3.8) is 0 Å². The summed E-state index contributed by atoms with van der Waals surface area (Å²) in [6.45, 7) is 0.812. The first kappa shape index (κ1) is 11.8. The number of hydrogen-bond donors (Lipinski definition) is 1. The average molecular weight is 265 g/mol. The van der Waals surface area contributed by atoms with Gasteiger partial charge in [0.1, 0.15) is 11.6 Å². The number of benzene rings is 1. The minimum atomic E-state index is -0.405. The van der Waals surface area contributed by atoms with Gasteiger partial charge in [-0.3, -0.25) is 0 Å². The van der Waals surface area contributed by atoms with Crippen LogP contribution in [0.1, 0.15) is 17.7 Å². The quantitative estimate of drug-likeness (QED) is 0.882. The van der Waals surface area contributed by atoms with E-state index >= 15 is 0 Å². The zero-order chi connectivity index (χ0) is 12.5. The molecule has 0 atom stereocenters. The fourth-order valence-electron chi connectivity index (χ4n) is 1.84. The summed E-state index contributed by atoms with van der Waals surface area (Å²) >= 11 is 1.51. The Morgan fingerprint density at radius 2 is 2.00 bits per heavy atom. The molecule has 1 N–H and O–H groups in total. The van der Waals surface area contributed by atoms with Gasteiger partial charge in [0.15, 0.2) is 0 Å². The van der Waals surface area contributed by atoms with E-state index in [-0.39, 0.29) is 5.82 Å². The first-order chi connectivity index (χ1) is 8.72. The molecule has 4 heteroatoms. The molecule has 1 heterocycles. The van der Waals surface area contributed by atoms with E-state index in [1.807, 2.05) is 12.1 Å². The lowest BCUT2D eigenvalue weighted by molar-refractivity contribution is 0.603. The standard InChI is InChI=1S/C14H13F2NS/c15-9-1-5-13(16)12(7-9)14-6-4-11(18-14)8-17-10-2-3-10/h1,4-7,10,17H,2-3,8H2. The van der Waals surface area contributed by atoms with Crippen molar-refractivity contribution in [2.75, 3.05) is 0 Å². The summed E-state index contributed by atoms with van der Waals surface area (Å²) in [4.78, 5) is 1.93. The lowest BCUT2D eigenvalue weighted by atomic mass is 10.2. The second-order valence-corrected chi connectivity index (χ2v) is 5.71. The lowest BCUT2D eigenvalue weighted by Crippen LogP contribution is -2.14. The van der Waals surface area contributed by atoms with Crippen molar-refractivity contribution in [3.8, 4) is 10.4 Å². The second-order valence-electron chi connectivity index (χ2n) is 4.55. The van der Waals surface area contributed by atoms with Gasteiger partial charge in [0.25, 0.3) is 0 Å². The number of thiophene rings is 1. The summed E-state index contributed by atoms with van der Waals surface area (Å²) < 4.78 is 26.7. The first-order valence-corrected chi connectivity index (χ1v) is 6.81. The van der Waals surface area contributed by atoms with Crippen LogP contribution in [0.4, 0.5) is 8.78 Å². The van der Waals surface area contributed by atoms with E-state index in [1.54, 1.807) is 0 Å². The van der Waals surface area contributed by atoms with E-state index in [4.69, 9.17) is 0 Å². The smallest absolute Gasteiger partial charge is 0.132 e. The summed E-state index contributed by atoms with van der Waals surface area (Å²) in [6.07, 6.45) is 2.49. The molecule has 3 rings (SSSR count). The molecule has 1 nitrogen and oxygen atoms in total. The highest BCUT2D eigenvalue weighted by atomic mass is 32.1. The number of nitrogens with one attached hydrogen (secondary N) is 1. The summed E-state index contributed by atoms with van der Waals surface area (Å²) in [5.74, 6) is -0.780. The molecule has 1 saturated carbocycles. The van der Waals surface area contributed by atoms with Crippen molar-refractivity contribution in [1.29, 1.82) is 0 Å². The van der Waals surface area contributed by atoms with Gasteiger partial charge in [0, 0.05) is 27.9 Å². The second kappa shape index (κ2) is 4.78. The molecule has 1 aliphatic rings. The fourth-order valence-corrected chi connectivity index (χ4v) is 2.81. The van der Waals surface area contributed by atoms with Gasteiger partial charge in [0.05, 0.1) is 0 Å². The van der Waals surface area contributed by atoms with E-state index < -0.39 is 5.82 Å². The Morgan fingerprint density at radius 1 is 1.17 bits per heavy atom. The highest BCUT2D eigenvalue weighted by molar-refractivity contribution is 7.15. The van der Waals surface area contributed by atoms with Crippen LogP contribution < -0.4 is 5.32 Å². The maximum Gasteiger partial charge on any atom is 0.132 e. The zero-order valence-electron chi connectivity index (χ0n) is 9.75. The van der Waals surface area contributed by atoms with Crippen LogP contribution >= 0.6 is 11.3 Å². The van der Waals surface area contributed by atoms with Crippen molar-refractivity contribution in [1.82, 2.24) is 5.32 Å². The molecule has 0 aliphatic heterocycles. The molecule has 1 aliphatic carbocycles. The van der Waals surface area contributed by atoms with Crippen LogP contribution in [-0.4, -0.2) is 6.04 Å². The molecule has 94 valence electrons. The van der Waals surface area contributed by atoms with E-state index in [1.165, 1.54) is 36.3 Å². The van der Waals surface area contributed by atoms with Crippen molar-refractivity contribution < 1.29 is 8.78 Å². The number of hydrogen-bond acceptors (Lipinski definition) is 2. The minimum absolute atomic E-state index is 0.345. The molecule has 1 aromatic heterocycles. The van der Waals surface area contributed by atoms with Crippen LogP contribution in [0.5, 0.6) is 0 Å². The van der Waals surface area contributed by atoms with Gasteiger partial charge in [0.2, 0.25) is 0 Å². The molecular weight excluding hydrogens is 252 g/mol. The first-order valence-electron chi connectivity index (χ1n) is 6.00. The van der Waals surface area contributed by atoms with Crippen LogP contribution in [0, 0.1) is 11.6 Å². The zero-order valence-corrected chi connectivity index (χ0v) is 10.6. The SMILES string of the molecule is Fc1ccc(F)c(-c2ccc(CNC3CC3)s2)c1. The molecule has 0 unspecified atom stereocenters. The van der Waals surface area contributed by atoms with Crippen LogP contribution in [0.15, 0.2) is 30.3 Å². The number of halogens is 2. The van der Waals surface area contributed by atoms with Gasteiger partial charge in [-0.25, -0.2) is 8.78 Å². The normalized spacial score (nSPS) is 15.0. The maximum absolute atomic E-state index is 13.6. The predicted molar refractivity (Wildman–Crippen MR) is 69.5 cm³/mol. The van der Waals surface area contributed by atoms with Gasteiger partial charge in [-0.15, -0.1) is 11.3 Å². The number of rotatable bonds is 4. The molecule has 18 heavy (non-hydrogen) atoms. The maximum atomic E-state index is 13.6. The monoisotopic (exact) mass is 265 g/mol. The van der Waals surface area contributed by atoms with Crippen molar-refractivity contribution >= 4 is 11.3 Å². The molecular formula is C14H13F2NS. The van der Waals surface area contributed by atoms with Gasteiger partial charge in [-0.2, -0.15) is 0 Å². The molecule has 0 spiro atoms. The largest absolute Gasteiger partial charge is 0.309 e. The van der Waals surface area contributed by atoms with Crippen LogP contribution in [0.3, 0.4) is 0 Å². The van der Waals surface area contributed by atoms with Gasteiger partial charge < -0.3 is 5.32 Å². The predicted octanol–water partition coefficient (Wildman–Crippen LogP) is 3.95. The fraction of sp³-hybridized carbons (Fsp3) is 0.286. The lowest BCUT2D eigenvalue weighted by Gasteiger charge is -2.00. The average Bonchev–Trinajstić information content (AvgIpc) is 3.08. The van der Waals surface area contributed by atoms with E-state index in [0.717, 1.165) is 22.4 Å². The van der Waals surface area contributed by atoms with Crippen LogP contribution in [-0.2, 0) is 6.54 Å². The van der Waals surface area contributed by atoms with Crippen molar-refractivity contribution in [3.05, 3.63) is 46.8 Å². The van der Waals surface area contributed by atoms with E-state index in [2.05, 4.69) is 5.32 Å². The molecule has 1 fully saturated rings. The van der Waals surface area contributed by atoms with E-state index in [9.17, 15) is 8.78 Å². The van der Waals surface area contributed by atoms with E-state index in [0.29, 0.717) is 11.6 Å². The topological polar surface area (TPSA) is 12.0 Å². The third kappa shape index (κ3) is 2.60. The third-order valence-electron chi connectivity index (χ3n) is 3.00. The molecule has 0 saturated heterocycles. The van der Waals surface area contributed by atoms with Crippen molar-refractivity contribution in [2.24, 2.45) is 0 Å². The Bertz CT molecular complexity index is 561. The summed E-state index contributed by atoms with van der Waals surface area (Å²) in [6, 6.07) is 8.04. The third-order valence-corrected chi connectivity index (χ3v) is 4.12. The highest BCUT2D eigenvalue weighted by Crippen LogP contribution is 2.31. The highest BCUT2D eigenvalue weighted by Gasteiger charge is 2.20. The summed E-state index contributed by atoms with van der Waals surface area (Å²) in [5, 5.41) is 3.41. The minimum Gasteiger partial charge on any atom is -0.309 e. The Labute approximate surface area is 108 Å².